The van der Waals surface area contributed by atoms with Crippen molar-refractivity contribution in [2.75, 3.05) is 38.4 Å². The molecule has 1 rings (SSSR count). The zero-order valence-electron chi connectivity index (χ0n) is 9.87. The molecule has 0 spiro atoms. The van der Waals surface area contributed by atoms with E-state index in [9.17, 15) is 4.79 Å². The van der Waals surface area contributed by atoms with Gasteiger partial charge in [0.2, 0.25) is 5.91 Å². The summed E-state index contributed by atoms with van der Waals surface area (Å²) < 4.78 is 10.9. The summed E-state index contributed by atoms with van der Waals surface area (Å²) in [6.07, 6.45) is 5.35. The molecule has 0 aromatic rings. The Balaban J connectivity index is 1.82. The summed E-state index contributed by atoms with van der Waals surface area (Å²) in [7, 11) is 0. The van der Waals surface area contributed by atoms with Gasteiger partial charge in [-0.3, -0.25) is 4.79 Å². The highest BCUT2D eigenvalue weighted by Gasteiger charge is 2.14. The van der Waals surface area contributed by atoms with Crippen LogP contribution in [0.2, 0.25) is 0 Å². The Bertz CT molecular complexity index is 196. The van der Waals surface area contributed by atoms with E-state index < -0.39 is 0 Å². The Morgan fingerprint density at radius 3 is 3.19 bits per heavy atom. The molecule has 1 heterocycles. The van der Waals surface area contributed by atoms with E-state index in [-0.39, 0.29) is 5.91 Å². The third-order valence-electron chi connectivity index (χ3n) is 2.39. The van der Waals surface area contributed by atoms with Crippen molar-refractivity contribution in [3.05, 3.63) is 0 Å². The van der Waals surface area contributed by atoms with E-state index in [0.717, 1.165) is 25.9 Å². The monoisotopic (exact) mass is 247 g/mol. The molecule has 1 amide bonds. The largest absolute Gasteiger partial charge is 0.379 e. The second-order valence-corrected chi connectivity index (χ2v) is 4.71. The Morgan fingerprint density at radius 2 is 2.50 bits per heavy atom. The smallest absolute Gasteiger partial charge is 0.229 e. The fraction of sp³-hybridized carbons (Fsp3) is 0.909. The molecule has 1 N–H and O–H groups in total. The lowest BCUT2D eigenvalue weighted by molar-refractivity contribution is -0.118. The average molecular weight is 247 g/mol. The molecular formula is C11H21NO3S. The molecule has 0 bridgehead atoms. The van der Waals surface area contributed by atoms with E-state index in [0.29, 0.717) is 31.6 Å². The standard InChI is InChI=1S/C11H21NO3S/c1-16-9-11(13)12-5-3-6-14-8-10-4-2-7-15-10/h10H,2-9H2,1H3,(H,12,13). The molecule has 1 aliphatic heterocycles. The van der Waals surface area contributed by atoms with Crippen LogP contribution in [-0.2, 0) is 14.3 Å². The van der Waals surface area contributed by atoms with Crippen molar-refractivity contribution in [1.29, 1.82) is 0 Å². The van der Waals surface area contributed by atoms with Crippen LogP contribution in [0.15, 0.2) is 0 Å². The van der Waals surface area contributed by atoms with Gasteiger partial charge < -0.3 is 14.8 Å². The molecule has 1 fully saturated rings. The van der Waals surface area contributed by atoms with Crippen LogP contribution in [0.1, 0.15) is 19.3 Å². The Labute approximate surface area is 101 Å². The van der Waals surface area contributed by atoms with Crippen LogP contribution < -0.4 is 5.32 Å². The van der Waals surface area contributed by atoms with E-state index in [1.54, 1.807) is 0 Å². The van der Waals surface area contributed by atoms with Crippen LogP contribution in [0.4, 0.5) is 0 Å². The van der Waals surface area contributed by atoms with Gasteiger partial charge in [0.15, 0.2) is 0 Å². The number of ether oxygens (including phenoxy) is 2. The fourth-order valence-electron chi connectivity index (χ4n) is 1.57. The molecule has 1 unspecified atom stereocenters. The molecule has 1 saturated heterocycles. The van der Waals surface area contributed by atoms with E-state index in [1.165, 1.54) is 11.8 Å². The first-order valence-corrected chi connectivity index (χ1v) is 7.17. The molecule has 1 atom stereocenters. The summed E-state index contributed by atoms with van der Waals surface area (Å²) >= 11 is 1.54. The summed E-state index contributed by atoms with van der Waals surface area (Å²) in [6.45, 7) is 2.96. The lowest BCUT2D eigenvalue weighted by Gasteiger charge is -2.10. The van der Waals surface area contributed by atoms with Gasteiger partial charge in [-0.1, -0.05) is 0 Å². The van der Waals surface area contributed by atoms with Crippen LogP contribution in [0.3, 0.4) is 0 Å². The van der Waals surface area contributed by atoms with Gasteiger partial charge in [0, 0.05) is 19.8 Å². The van der Waals surface area contributed by atoms with E-state index >= 15 is 0 Å². The molecule has 0 aliphatic carbocycles. The molecule has 1 aliphatic rings. The Kier molecular flexibility index (Phi) is 7.63. The van der Waals surface area contributed by atoms with Gasteiger partial charge in [-0.05, 0) is 25.5 Å². The molecule has 0 aromatic heterocycles. The number of hydrogen-bond donors (Lipinski definition) is 1. The van der Waals surface area contributed by atoms with Crippen molar-refractivity contribution in [2.45, 2.75) is 25.4 Å². The predicted molar refractivity (Wildman–Crippen MR) is 65.8 cm³/mol. The lowest BCUT2D eigenvalue weighted by atomic mass is 10.2. The molecule has 0 saturated carbocycles. The first-order chi connectivity index (χ1) is 7.83. The number of rotatable bonds is 8. The second kappa shape index (κ2) is 8.84. The van der Waals surface area contributed by atoms with Gasteiger partial charge in [0.25, 0.3) is 0 Å². The maximum atomic E-state index is 11.1. The summed E-state index contributed by atoms with van der Waals surface area (Å²) in [4.78, 5) is 11.1. The van der Waals surface area contributed by atoms with Gasteiger partial charge in [0.05, 0.1) is 18.5 Å². The first kappa shape index (κ1) is 13.8. The molecule has 16 heavy (non-hydrogen) atoms. The van der Waals surface area contributed by atoms with Crippen molar-refractivity contribution in [2.24, 2.45) is 0 Å². The summed E-state index contributed by atoms with van der Waals surface area (Å²) in [5.41, 5.74) is 0. The second-order valence-electron chi connectivity index (χ2n) is 3.85. The molecule has 0 aromatic carbocycles. The number of amides is 1. The van der Waals surface area contributed by atoms with Gasteiger partial charge in [-0.25, -0.2) is 0 Å². The minimum atomic E-state index is 0.103. The van der Waals surface area contributed by atoms with Crippen LogP contribution in [0.25, 0.3) is 0 Å². The van der Waals surface area contributed by atoms with Crippen molar-refractivity contribution in [1.82, 2.24) is 5.32 Å². The summed E-state index contributed by atoms with van der Waals surface area (Å²) in [6, 6.07) is 0. The number of thioether (sulfide) groups is 1. The molecule has 94 valence electrons. The van der Waals surface area contributed by atoms with Crippen molar-refractivity contribution < 1.29 is 14.3 Å². The van der Waals surface area contributed by atoms with Crippen LogP contribution in [0, 0.1) is 0 Å². The highest BCUT2D eigenvalue weighted by Crippen LogP contribution is 2.11. The van der Waals surface area contributed by atoms with Gasteiger partial charge in [-0.15, -0.1) is 0 Å². The number of nitrogens with one attached hydrogen (secondary N) is 1. The highest BCUT2D eigenvalue weighted by molar-refractivity contribution is 7.99. The topological polar surface area (TPSA) is 47.6 Å². The van der Waals surface area contributed by atoms with Crippen molar-refractivity contribution >= 4 is 17.7 Å². The lowest BCUT2D eigenvalue weighted by Crippen LogP contribution is -2.27. The summed E-state index contributed by atoms with van der Waals surface area (Å²) in [5, 5.41) is 2.84. The molecular weight excluding hydrogens is 226 g/mol. The quantitative estimate of drug-likeness (QED) is 0.651. The van der Waals surface area contributed by atoms with Crippen LogP contribution >= 0.6 is 11.8 Å². The zero-order chi connectivity index (χ0) is 11.6. The highest BCUT2D eigenvalue weighted by atomic mass is 32.2. The Morgan fingerprint density at radius 1 is 1.62 bits per heavy atom. The van der Waals surface area contributed by atoms with E-state index in [1.807, 2.05) is 6.26 Å². The maximum absolute atomic E-state index is 11.1. The molecule has 5 heteroatoms. The maximum Gasteiger partial charge on any atom is 0.229 e. The normalized spacial score (nSPS) is 19.9. The van der Waals surface area contributed by atoms with Crippen molar-refractivity contribution in [3.8, 4) is 0 Å². The third kappa shape index (κ3) is 6.35. The molecule has 0 radical (unpaired) electrons. The molecule has 4 nitrogen and oxygen atoms in total. The Hall–Kier alpha value is -0.260. The number of carbonyl (C=O) groups is 1. The fourth-order valence-corrected chi connectivity index (χ4v) is 1.94. The summed E-state index contributed by atoms with van der Waals surface area (Å²) in [5.74, 6) is 0.642. The average Bonchev–Trinajstić information content (AvgIpc) is 2.76. The minimum absolute atomic E-state index is 0.103. The number of carbonyl (C=O) groups excluding carboxylic acids is 1. The minimum Gasteiger partial charge on any atom is -0.379 e. The van der Waals surface area contributed by atoms with Gasteiger partial charge in [0.1, 0.15) is 0 Å². The predicted octanol–water partition coefficient (Wildman–Crippen LogP) is 1.05. The van der Waals surface area contributed by atoms with E-state index in [2.05, 4.69) is 5.32 Å². The van der Waals surface area contributed by atoms with Gasteiger partial charge in [-0.2, -0.15) is 11.8 Å². The zero-order valence-corrected chi connectivity index (χ0v) is 10.7. The van der Waals surface area contributed by atoms with Crippen LogP contribution in [0.5, 0.6) is 0 Å². The SMILES string of the molecule is CSCC(=O)NCCCOCC1CCCO1. The van der Waals surface area contributed by atoms with Gasteiger partial charge >= 0.3 is 0 Å². The van der Waals surface area contributed by atoms with E-state index in [4.69, 9.17) is 9.47 Å². The van der Waals surface area contributed by atoms with Crippen molar-refractivity contribution in [3.63, 3.8) is 0 Å². The van der Waals surface area contributed by atoms with Crippen LogP contribution in [-0.4, -0.2) is 50.4 Å². The third-order valence-corrected chi connectivity index (χ3v) is 2.94. The number of hydrogen-bond acceptors (Lipinski definition) is 4. The first-order valence-electron chi connectivity index (χ1n) is 5.78.